The van der Waals surface area contributed by atoms with E-state index in [1.807, 2.05) is 5.92 Å². The third-order valence-electron chi connectivity index (χ3n) is 5.10. The third-order valence-corrected chi connectivity index (χ3v) is 5.10. The summed E-state index contributed by atoms with van der Waals surface area (Å²) >= 11 is 0. The summed E-state index contributed by atoms with van der Waals surface area (Å²) in [5.41, 5.74) is 1.09. The standard InChI is InChI=1S/C20H21F4N3/c1-4-13(21)6-5-12(2)26-14-9-15-16-11-25-8-7-18(16)27(3)19(15)17(10-14)20(22,23)24/h1,5-6,9-10,16,18,25-26H,7-8,11H2,2-3H3/b12-5+,13-6+/t16-,18-/m0/s1. The summed E-state index contributed by atoms with van der Waals surface area (Å²) in [6.45, 7) is 3.08. The first-order valence-electron chi connectivity index (χ1n) is 8.68. The van der Waals surface area contributed by atoms with E-state index in [1.54, 1.807) is 24.9 Å². The molecule has 0 unspecified atom stereocenters. The van der Waals surface area contributed by atoms with Gasteiger partial charge in [-0.05, 0) is 55.7 Å². The lowest BCUT2D eigenvalue weighted by molar-refractivity contribution is -0.137. The summed E-state index contributed by atoms with van der Waals surface area (Å²) in [4.78, 5) is 1.77. The van der Waals surface area contributed by atoms with E-state index in [0.29, 0.717) is 23.5 Å². The van der Waals surface area contributed by atoms with Crippen molar-refractivity contribution in [3.63, 3.8) is 0 Å². The molecule has 0 aliphatic carbocycles. The highest BCUT2D eigenvalue weighted by Gasteiger charge is 2.45. The van der Waals surface area contributed by atoms with Gasteiger partial charge in [0.2, 0.25) is 0 Å². The molecule has 2 heterocycles. The maximum absolute atomic E-state index is 13.7. The van der Waals surface area contributed by atoms with E-state index < -0.39 is 17.6 Å². The number of alkyl halides is 3. The van der Waals surface area contributed by atoms with Gasteiger partial charge in [0.25, 0.3) is 0 Å². The molecule has 3 nitrogen and oxygen atoms in total. The maximum Gasteiger partial charge on any atom is 0.418 e. The van der Waals surface area contributed by atoms with Crippen molar-refractivity contribution in [3.8, 4) is 12.3 Å². The van der Waals surface area contributed by atoms with Crippen molar-refractivity contribution >= 4 is 11.4 Å². The molecule has 3 rings (SSSR count). The van der Waals surface area contributed by atoms with E-state index in [2.05, 4.69) is 10.6 Å². The van der Waals surface area contributed by atoms with Crippen molar-refractivity contribution in [1.29, 1.82) is 0 Å². The largest absolute Gasteiger partial charge is 0.418 e. The molecule has 2 aliphatic rings. The van der Waals surface area contributed by atoms with Crippen LogP contribution in [-0.4, -0.2) is 26.2 Å². The van der Waals surface area contributed by atoms with Crippen LogP contribution < -0.4 is 15.5 Å². The molecule has 0 radical (unpaired) electrons. The second-order valence-corrected chi connectivity index (χ2v) is 6.87. The number of terminal acetylenes is 1. The van der Waals surface area contributed by atoms with Crippen LogP contribution in [0.4, 0.5) is 28.9 Å². The van der Waals surface area contributed by atoms with Gasteiger partial charge in [-0.3, -0.25) is 0 Å². The fourth-order valence-electron chi connectivity index (χ4n) is 3.93. The van der Waals surface area contributed by atoms with Crippen molar-refractivity contribution in [2.75, 3.05) is 30.4 Å². The Balaban J connectivity index is 2.03. The van der Waals surface area contributed by atoms with Crippen molar-refractivity contribution < 1.29 is 17.6 Å². The van der Waals surface area contributed by atoms with Gasteiger partial charge >= 0.3 is 6.18 Å². The van der Waals surface area contributed by atoms with E-state index in [9.17, 15) is 17.6 Å². The summed E-state index contributed by atoms with van der Waals surface area (Å²) < 4.78 is 54.3. The highest BCUT2D eigenvalue weighted by Crippen LogP contribution is 2.50. The number of hydrogen-bond acceptors (Lipinski definition) is 3. The second-order valence-electron chi connectivity index (χ2n) is 6.87. The van der Waals surface area contributed by atoms with Gasteiger partial charge < -0.3 is 15.5 Å². The molecule has 0 bridgehead atoms. The molecule has 1 saturated heterocycles. The van der Waals surface area contributed by atoms with Gasteiger partial charge in [-0.25, -0.2) is 0 Å². The van der Waals surface area contributed by atoms with Crippen molar-refractivity contribution in [1.82, 2.24) is 5.32 Å². The fourth-order valence-corrected chi connectivity index (χ4v) is 3.93. The number of allylic oxidation sites excluding steroid dienone is 4. The number of piperidine rings is 1. The summed E-state index contributed by atoms with van der Waals surface area (Å²) in [7, 11) is 1.73. The Hall–Kier alpha value is -2.46. The van der Waals surface area contributed by atoms with Crippen LogP contribution in [0.25, 0.3) is 0 Å². The number of hydrogen-bond donors (Lipinski definition) is 2. The van der Waals surface area contributed by atoms with Crippen LogP contribution >= 0.6 is 0 Å². The van der Waals surface area contributed by atoms with Gasteiger partial charge in [0.15, 0.2) is 5.83 Å². The molecule has 1 fully saturated rings. The molecule has 2 atom stereocenters. The molecule has 0 aromatic heterocycles. The molecule has 7 heteroatoms. The Morgan fingerprint density at radius 2 is 2.11 bits per heavy atom. The van der Waals surface area contributed by atoms with Crippen LogP contribution in [0.2, 0.25) is 0 Å². The summed E-state index contributed by atoms with van der Waals surface area (Å²) in [6, 6.07) is 2.93. The number of anilines is 2. The number of rotatable bonds is 3. The Labute approximate surface area is 156 Å². The molecule has 0 saturated carbocycles. The van der Waals surface area contributed by atoms with E-state index in [1.165, 1.54) is 6.08 Å². The minimum Gasteiger partial charge on any atom is -0.370 e. The lowest BCUT2D eigenvalue weighted by Gasteiger charge is -2.31. The molecule has 2 N–H and O–H groups in total. The van der Waals surface area contributed by atoms with E-state index in [-0.39, 0.29) is 17.6 Å². The molecule has 0 spiro atoms. The van der Waals surface area contributed by atoms with Gasteiger partial charge in [0.1, 0.15) is 0 Å². The number of nitrogens with one attached hydrogen (secondary N) is 2. The number of likely N-dealkylation sites (N-methyl/N-ethyl adjacent to an activating group) is 1. The lowest BCUT2D eigenvalue weighted by Crippen LogP contribution is -2.42. The average molecular weight is 379 g/mol. The zero-order valence-electron chi connectivity index (χ0n) is 15.1. The first-order chi connectivity index (χ1) is 12.7. The molecule has 2 aliphatic heterocycles. The minimum absolute atomic E-state index is 0.00432. The Morgan fingerprint density at radius 1 is 1.37 bits per heavy atom. The van der Waals surface area contributed by atoms with Gasteiger partial charge in [0.05, 0.1) is 11.3 Å². The lowest BCUT2D eigenvalue weighted by atomic mass is 9.89. The van der Waals surface area contributed by atoms with Gasteiger partial charge in [-0.1, -0.05) is 0 Å². The van der Waals surface area contributed by atoms with Crippen LogP contribution in [0, 0.1) is 12.3 Å². The quantitative estimate of drug-likeness (QED) is 0.463. The number of halogens is 4. The monoisotopic (exact) mass is 379 g/mol. The van der Waals surface area contributed by atoms with E-state index in [0.717, 1.165) is 25.1 Å². The van der Waals surface area contributed by atoms with Gasteiger partial charge in [0, 0.05) is 36.9 Å². The molecule has 27 heavy (non-hydrogen) atoms. The Morgan fingerprint density at radius 3 is 2.78 bits per heavy atom. The number of fused-ring (bicyclic) bond motifs is 3. The summed E-state index contributed by atoms with van der Waals surface area (Å²) in [5.74, 6) is 1.10. The first-order valence-corrected chi connectivity index (χ1v) is 8.68. The van der Waals surface area contributed by atoms with Crippen molar-refractivity contribution in [2.24, 2.45) is 0 Å². The molecule has 1 aromatic carbocycles. The van der Waals surface area contributed by atoms with Gasteiger partial charge in [-0.2, -0.15) is 17.6 Å². The molecular formula is C20H21F4N3. The normalized spacial score (nSPS) is 22.9. The SMILES string of the molecule is C#C/C(F)=C\C=C(/C)Nc1cc2c(c(C(F)(F)F)c1)N(C)[C@H]1CCNC[C@@H]21. The zero-order chi connectivity index (χ0) is 19.8. The second kappa shape index (κ2) is 7.28. The van der Waals surface area contributed by atoms with Crippen LogP contribution in [0.15, 0.2) is 35.8 Å². The van der Waals surface area contributed by atoms with Crippen LogP contribution in [-0.2, 0) is 6.18 Å². The Bertz CT molecular complexity index is 833. The summed E-state index contributed by atoms with van der Waals surface area (Å²) in [5, 5.41) is 6.18. The average Bonchev–Trinajstić information content (AvgIpc) is 2.91. The zero-order valence-corrected chi connectivity index (χ0v) is 15.1. The topological polar surface area (TPSA) is 27.3 Å². The van der Waals surface area contributed by atoms with E-state index >= 15 is 0 Å². The molecule has 1 aromatic rings. The third kappa shape index (κ3) is 3.81. The van der Waals surface area contributed by atoms with Crippen molar-refractivity contribution in [3.05, 3.63) is 46.9 Å². The van der Waals surface area contributed by atoms with Crippen molar-refractivity contribution in [2.45, 2.75) is 31.5 Å². The maximum atomic E-state index is 13.7. The fraction of sp³-hybridized carbons (Fsp3) is 0.400. The molecular weight excluding hydrogens is 358 g/mol. The predicted molar refractivity (Wildman–Crippen MR) is 99.3 cm³/mol. The van der Waals surface area contributed by atoms with Crippen LogP contribution in [0.3, 0.4) is 0 Å². The first kappa shape index (κ1) is 19.3. The summed E-state index contributed by atoms with van der Waals surface area (Å²) in [6.07, 6.45) is 3.75. The molecule has 0 amide bonds. The highest BCUT2D eigenvalue weighted by molar-refractivity contribution is 5.73. The smallest absolute Gasteiger partial charge is 0.370 e. The van der Waals surface area contributed by atoms with Crippen LogP contribution in [0.5, 0.6) is 0 Å². The predicted octanol–water partition coefficient (Wildman–Crippen LogP) is 4.40. The highest BCUT2D eigenvalue weighted by atomic mass is 19.4. The Kier molecular flexibility index (Phi) is 5.20. The van der Waals surface area contributed by atoms with Crippen LogP contribution in [0.1, 0.15) is 30.4 Å². The minimum atomic E-state index is -4.47. The van der Waals surface area contributed by atoms with E-state index in [4.69, 9.17) is 6.42 Å². The van der Waals surface area contributed by atoms with Gasteiger partial charge in [-0.15, -0.1) is 6.42 Å². The molecule has 144 valence electrons. The number of benzene rings is 1. The number of nitrogens with zero attached hydrogens (tertiary/aromatic N) is 1.